The van der Waals surface area contributed by atoms with Gasteiger partial charge in [0.25, 0.3) is 10.2 Å². The molecule has 0 bridgehead atoms. The summed E-state index contributed by atoms with van der Waals surface area (Å²) in [5.41, 5.74) is 0. The Morgan fingerprint density at radius 2 is 2.30 bits per heavy atom. The van der Waals surface area contributed by atoms with E-state index in [4.69, 9.17) is 0 Å². The molecule has 0 aromatic heterocycles. The first-order valence-electron chi connectivity index (χ1n) is 3.33. The summed E-state index contributed by atoms with van der Waals surface area (Å²) in [5.74, 6) is 0. The molecule has 5 heteroatoms. The first-order chi connectivity index (χ1) is 4.56. The quantitative estimate of drug-likeness (QED) is 0.570. The van der Waals surface area contributed by atoms with E-state index in [1.54, 1.807) is 0 Å². The van der Waals surface area contributed by atoms with Crippen molar-refractivity contribution in [2.75, 3.05) is 13.1 Å². The molecule has 1 saturated heterocycles. The van der Waals surface area contributed by atoms with Gasteiger partial charge in [0.2, 0.25) is 0 Å². The van der Waals surface area contributed by atoms with Crippen LogP contribution in [0.15, 0.2) is 0 Å². The highest BCUT2D eigenvalue weighted by Gasteiger charge is 2.30. The van der Waals surface area contributed by atoms with Crippen LogP contribution in [0.1, 0.15) is 13.8 Å². The van der Waals surface area contributed by atoms with Crippen LogP contribution < -0.4 is 4.72 Å². The Morgan fingerprint density at radius 3 is 2.50 bits per heavy atom. The lowest BCUT2D eigenvalue weighted by molar-refractivity contribution is 0.452. The monoisotopic (exact) mass is 164 g/mol. The minimum atomic E-state index is -3.10. The zero-order valence-corrected chi connectivity index (χ0v) is 6.98. The van der Waals surface area contributed by atoms with Gasteiger partial charge in [-0.15, -0.1) is 0 Å². The molecule has 0 aromatic carbocycles. The molecule has 0 aliphatic carbocycles. The SMILES string of the molecule is CCN1C[C@H](C)NS1(=O)=O. The van der Waals surface area contributed by atoms with Crippen molar-refractivity contribution in [3.05, 3.63) is 0 Å². The summed E-state index contributed by atoms with van der Waals surface area (Å²) < 4.78 is 26.0. The lowest BCUT2D eigenvalue weighted by atomic mass is 10.4. The van der Waals surface area contributed by atoms with Crippen molar-refractivity contribution in [3.63, 3.8) is 0 Å². The number of nitrogens with zero attached hydrogens (tertiary/aromatic N) is 1. The third-order valence-electron chi connectivity index (χ3n) is 1.52. The van der Waals surface area contributed by atoms with Crippen molar-refractivity contribution >= 4 is 10.2 Å². The maximum Gasteiger partial charge on any atom is 0.279 e. The topological polar surface area (TPSA) is 49.4 Å². The maximum atomic E-state index is 11.0. The molecule has 1 aliphatic heterocycles. The lowest BCUT2D eigenvalue weighted by Gasteiger charge is -2.07. The number of hydrogen-bond acceptors (Lipinski definition) is 2. The Hall–Kier alpha value is -0.130. The van der Waals surface area contributed by atoms with Crippen LogP contribution in [0.4, 0.5) is 0 Å². The molecular formula is C5H12N2O2S. The van der Waals surface area contributed by atoms with Gasteiger partial charge in [-0.3, -0.25) is 0 Å². The minimum absolute atomic E-state index is 0.0601. The highest BCUT2D eigenvalue weighted by molar-refractivity contribution is 7.87. The third kappa shape index (κ3) is 1.31. The summed E-state index contributed by atoms with van der Waals surface area (Å²) in [4.78, 5) is 0. The molecule has 4 nitrogen and oxygen atoms in total. The Labute approximate surface area is 61.4 Å². The van der Waals surface area contributed by atoms with Crippen LogP contribution in [0, 0.1) is 0 Å². The summed E-state index contributed by atoms with van der Waals surface area (Å²) in [7, 11) is -3.10. The summed E-state index contributed by atoms with van der Waals surface area (Å²) in [5, 5.41) is 0. The van der Waals surface area contributed by atoms with Gasteiger partial charge in [0.15, 0.2) is 0 Å². The standard InChI is InChI=1S/C5H12N2O2S/c1-3-7-4-5(2)6-10(7,8)9/h5-6H,3-4H2,1-2H3/t5-/m0/s1. The van der Waals surface area contributed by atoms with Gasteiger partial charge in [-0.2, -0.15) is 17.4 Å². The Morgan fingerprint density at radius 1 is 1.70 bits per heavy atom. The molecule has 0 spiro atoms. The number of hydrogen-bond donors (Lipinski definition) is 1. The molecule has 0 aromatic rings. The Balaban J connectivity index is 2.78. The first kappa shape index (κ1) is 7.97. The van der Waals surface area contributed by atoms with E-state index in [2.05, 4.69) is 4.72 Å². The van der Waals surface area contributed by atoms with Crippen molar-refractivity contribution < 1.29 is 8.42 Å². The fraction of sp³-hybridized carbons (Fsp3) is 1.00. The van der Waals surface area contributed by atoms with Crippen LogP contribution in [0.5, 0.6) is 0 Å². The summed E-state index contributed by atoms with van der Waals surface area (Å²) in [6.07, 6.45) is 0. The lowest BCUT2D eigenvalue weighted by Crippen LogP contribution is -2.29. The fourth-order valence-corrected chi connectivity index (χ4v) is 2.56. The van der Waals surface area contributed by atoms with Gasteiger partial charge < -0.3 is 0 Å². The molecule has 1 heterocycles. The largest absolute Gasteiger partial charge is 0.279 e. The van der Waals surface area contributed by atoms with E-state index < -0.39 is 10.2 Å². The molecule has 1 rings (SSSR count). The second-order valence-corrected chi connectivity index (χ2v) is 4.18. The van der Waals surface area contributed by atoms with Gasteiger partial charge >= 0.3 is 0 Å². The fourth-order valence-electron chi connectivity index (χ4n) is 1.07. The molecule has 0 amide bonds. The summed E-state index contributed by atoms with van der Waals surface area (Å²) in [6.45, 7) is 4.84. The van der Waals surface area contributed by atoms with Gasteiger partial charge in [-0.1, -0.05) is 6.92 Å². The summed E-state index contributed by atoms with van der Waals surface area (Å²) in [6, 6.07) is 0.0601. The zero-order chi connectivity index (χ0) is 7.78. The van der Waals surface area contributed by atoms with E-state index in [9.17, 15) is 8.42 Å². The normalized spacial score (nSPS) is 32.8. The molecular weight excluding hydrogens is 152 g/mol. The van der Waals surface area contributed by atoms with E-state index in [0.29, 0.717) is 13.1 Å². The second kappa shape index (κ2) is 2.48. The summed E-state index contributed by atoms with van der Waals surface area (Å²) >= 11 is 0. The molecule has 1 fully saturated rings. The van der Waals surface area contributed by atoms with Crippen LogP contribution in [0.25, 0.3) is 0 Å². The molecule has 60 valence electrons. The third-order valence-corrected chi connectivity index (χ3v) is 3.31. The van der Waals surface area contributed by atoms with Crippen LogP contribution in [0.3, 0.4) is 0 Å². The molecule has 1 aliphatic rings. The molecule has 0 unspecified atom stereocenters. The van der Waals surface area contributed by atoms with Crippen LogP contribution in [-0.2, 0) is 10.2 Å². The van der Waals surface area contributed by atoms with Crippen molar-refractivity contribution in [3.8, 4) is 0 Å². The van der Waals surface area contributed by atoms with E-state index in [1.807, 2.05) is 13.8 Å². The zero-order valence-electron chi connectivity index (χ0n) is 6.16. The Kier molecular flexibility index (Phi) is 1.98. The van der Waals surface area contributed by atoms with Crippen LogP contribution in [0.2, 0.25) is 0 Å². The molecule has 0 radical (unpaired) electrons. The molecule has 1 N–H and O–H groups in total. The smallest absolute Gasteiger partial charge is 0.198 e. The first-order valence-corrected chi connectivity index (χ1v) is 4.77. The van der Waals surface area contributed by atoms with Gasteiger partial charge in [0.05, 0.1) is 0 Å². The van der Waals surface area contributed by atoms with E-state index in [0.717, 1.165) is 0 Å². The van der Waals surface area contributed by atoms with Gasteiger partial charge in [0, 0.05) is 19.1 Å². The highest BCUT2D eigenvalue weighted by atomic mass is 32.2. The van der Waals surface area contributed by atoms with Gasteiger partial charge in [-0.05, 0) is 6.92 Å². The molecule has 10 heavy (non-hydrogen) atoms. The second-order valence-electron chi connectivity index (χ2n) is 2.47. The molecule has 1 atom stereocenters. The maximum absolute atomic E-state index is 11.0. The van der Waals surface area contributed by atoms with Crippen LogP contribution in [-0.4, -0.2) is 31.9 Å². The number of nitrogens with one attached hydrogen (secondary N) is 1. The average molecular weight is 164 g/mol. The van der Waals surface area contributed by atoms with Gasteiger partial charge in [-0.25, -0.2) is 0 Å². The predicted molar refractivity (Wildman–Crippen MR) is 38.8 cm³/mol. The molecule has 0 saturated carbocycles. The van der Waals surface area contributed by atoms with Gasteiger partial charge in [0.1, 0.15) is 0 Å². The minimum Gasteiger partial charge on any atom is -0.198 e. The van der Waals surface area contributed by atoms with Crippen molar-refractivity contribution in [2.24, 2.45) is 0 Å². The van der Waals surface area contributed by atoms with Crippen molar-refractivity contribution in [2.45, 2.75) is 19.9 Å². The predicted octanol–water partition coefficient (Wildman–Crippen LogP) is -0.455. The van der Waals surface area contributed by atoms with E-state index >= 15 is 0 Å². The highest BCUT2D eigenvalue weighted by Crippen LogP contribution is 2.07. The number of likely N-dealkylation sites (N-methyl/N-ethyl adjacent to an activating group) is 1. The van der Waals surface area contributed by atoms with Crippen molar-refractivity contribution in [1.29, 1.82) is 0 Å². The Bertz CT molecular complexity index is 212. The van der Waals surface area contributed by atoms with Crippen LogP contribution >= 0.6 is 0 Å². The number of rotatable bonds is 1. The van der Waals surface area contributed by atoms with E-state index in [1.165, 1.54) is 4.31 Å². The average Bonchev–Trinajstić information content (AvgIpc) is 2.04. The van der Waals surface area contributed by atoms with E-state index in [-0.39, 0.29) is 6.04 Å². The van der Waals surface area contributed by atoms with Crippen molar-refractivity contribution in [1.82, 2.24) is 9.03 Å².